The summed E-state index contributed by atoms with van der Waals surface area (Å²) in [5, 5.41) is 17.2. The fraction of sp³-hybridized carbons (Fsp3) is 0.318. The summed E-state index contributed by atoms with van der Waals surface area (Å²) in [7, 11) is 0. The summed E-state index contributed by atoms with van der Waals surface area (Å²) in [6.07, 6.45) is -3.98. The molecule has 2 fully saturated rings. The zero-order valence-corrected chi connectivity index (χ0v) is 17.2. The second-order valence-electron chi connectivity index (χ2n) is 8.04. The standard InChI is InChI=1S/C22H21F3N4O4/c23-22(24,25)13-3-5-14(6-4-13)26-21(33)27-15-10-18-19(31)28-17(20(32)29(18)11-15)9-12-1-7-16(30)8-2-12/h1-8,15,17-18,30H,9-11H2,(H,28,31)(H2,26,27,33)/t15-,17-,18-/m0/s1. The summed E-state index contributed by atoms with van der Waals surface area (Å²) in [4.78, 5) is 39.2. The quantitative estimate of drug-likeness (QED) is 0.559. The fourth-order valence-electron chi connectivity index (χ4n) is 4.06. The van der Waals surface area contributed by atoms with Crippen molar-refractivity contribution in [2.45, 2.75) is 37.1 Å². The number of benzene rings is 2. The Balaban J connectivity index is 1.34. The van der Waals surface area contributed by atoms with Crippen LogP contribution in [0.5, 0.6) is 5.75 Å². The van der Waals surface area contributed by atoms with Gasteiger partial charge in [-0.1, -0.05) is 12.1 Å². The van der Waals surface area contributed by atoms with Gasteiger partial charge < -0.3 is 26.0 Å². The minimum Gasteiger partial charge on any atom is -0.508 e. The van der Waals surface area contributed by atoms with Gasteiger partial charge in [0.1, 0.15) is 17.8 Å². The highest BCUT2D eigenvalue weighted by Crippen LogP contribution is 2.30. The van der Waals surface area contributed by atoms with E-state index in [2.05, 4.69) is 16.0 Å². The number of nitrogens with zero attached hydrogens (tertiary/aromatic N) is 1. The number of piperazine rings is 1. The fourth-order valence-corrected chi connectivity index (χ4v) is 4.06. The number of phenolic OH excluding ortho intramolecular Hbond substituents is 1. The molecule has 0 aliphatic carbocycles. The van der Waals surface area contributed by atoms with Crippen LogP contribution in [0.15, 0.2) is 48.5 Å². The summed E-state index contributed by atoms with van der Waals surface area (Å²) in [5.41, 5.74) is 0.126. The number of amides is 4. The molecule has 2 aromatic carbocycles. The van der Waals surface area contributed by atoms with Crippen molar-refractivity contribution >= 4 is 23.5 Å². The van der Waals surface area contributed by atoms with E-state index in [0.717, 1.165) is 29.8 Å². The number of aromatic hydroxyl groups is 1. The summed E-state index contributed by atoms with van der Waals surface area (Å²) in [6, 6.07) is 7.75. The van der Waals surface area contributed by atoms with E-state index in [1.54, 1.807) is 12.1 Å². The van der Waals surface area contributed by atoms with Crippen molar-refractivity contribution in [2.75, 3.05) is 11.9 Å². The second kappa shape index (κ2) is 8.64. The molecule has 4 rings (SSSR count). The number of phenols is 1. The maximum Gasteiger partial charge on any atom is 0.416 e. The first-order chi connectivity index (χ1) is 15.6. The molecule has 4 amide bonds. The number of hydrogen-bond acceptors (Lipinski definition) is 4. The van der Waals surface area contributed by atoms with Crippen LogP contribution in [0, 0.1) is 0 Å². The van der Waals surface area contributed by atoms with Crippen molar-refractivity contribution in [3.63, 3.8) is 0 Å². The largest absolute Gasteiger partial charge is 0.508 e. The molecular formula is C22H21F3N4O4. The van der Waals surface area contributed by atoms with E-state index in [9.17, 15) is 32.7 Å². The van der Waals surface area contributed by atoms with Gasteiger partial charge in [-0.25, -0.2) is 4.79 Å². The molecule has 2 saturated heterocycles. The monoisotopic (exact) mass is 462 g/mol. The Morgan fingerprint density at radius 3 is 2.39 bits per heavy atom. The molecule has 0 saturated carbocycles. The van der Waals surface area contributed by atoms with Gasteiger partial charge in [0.05, 0.1) is 11.6 Å². The molecule has 2 heterocycles. The summed E-state index contributed by atoms with van der Waals surface area (Å²) >= 11 is 0. The van der Waals surface area contributed by atoms with Gasteiger partial charge in [0.25, 0.3) is 0 Å². The average Bonchev–Trinajstić information content (AvgIpc) is 3.17. The Morgan fingerprint density at radius 1 is 1.09 bits per heavy atom. The summed E-state index contributed by atoms with van der Waals surface area (Å²) in [6.45, 7) is 0.142. The normalized spacial score (nSPS) is 22.5. The molecule has 174 valence electrons. The van der Waals surface area contributed by atoms with E-state index >= 15 is 0 Å². The minimum absolute atomic E-state index is 0.0980. The smallest absolute Gasteiger partial charge is 0.416 e. The Bertz CT molecular complexity index is 1060. The molecule has 2 aliphatic heterocycles. The maximum atomic E-state index is 12.9. The van der Waals surface area contributed by atoms with Crippen LogP contribution in [-0.4, -0.2) is 52.5 Å². The lowest BCUT2D eigenvalue weighted by Gasteiger charge is -2.34. The number of carbonyl (C=O) groups is 3. The van der Waals surface area contributed by atoms with E-state index in [0.29, 0.717) is 0 Å². The third kappa shape index (κ3) is 5.02. The lowest BCUT2D eigenvalue weighted by molar-refractivity contribution is -0.147. The molecule has 2 aliphatic rings. The van der Waals surface area contributed by atoms with E-state index < -0.39 is 35.9 Å². The second-order valence-corrected chi connectivity index (χ2v) is 8.04. The number of hydrogen-bond donors (Lipinski definition) is 4. The first kappa shape index (κ1) is 22.4. The lowest BCUT2D eigenvalue weighted by Crippen LogP contribution is -2.61. The molecule has 33 heavy (non-hydrogen) atoms. The molecule has 0 aromatic heterocycles. The van der Waals surface area contributed by atoms with Crippen LogP contribution >= 0.6 is 0 Å². The van der Waals surface area contributed by atoms with Crippen molar-refractivity contribution in [3.8, 4) is 5.75 Å². The molecule has 0 spiro atoms. The Hall–Kier alpha value is -3.76. The number of urea groups is 1. The predicted molar refractivity (Wildman–Crippen MR) is 111 cm³/mol. The van der Waals surface area contributed by atoms with Crippen molar-refractivity contribution in [3.05, 3.63) is 59.7 Å². The maximum absolute atomic E-state index is 12.9. The van der Waals surface area contributed by atoms with Gasteiger partial charge in [-0.05, 0) is 48.4 Å². The molecular weight excluding hydrogens is 441 g/mol. The molecule has 8 nitrogen and oxygen atoms in total. The van der Waals surface area contributed by atoms with Gasteiger partial charge in [0.2, 0.25) is 11.8 Å². The molecule has 0 bridgehead atoms. The van der Waals surface area contributed by atoms with Crippen LogP contribution in [0.4, 0.5) is 23.7 Å². The number of anilines is 1. The first-order valence-electron chi connectivity index (χ1n) is 10.2. The zero-order chi connectivity index (χ0) is 23.8. The molecule has 0 unspecified atom stereocenters. The third-order valence-electron chi connectivity index (χ3n) is 5.68. The molecule has 11 heteroatoms. The van der Waals surface area contributed by atoms with Crippen LogP contribution in [0.2, 0.25) is 0 Å². The predicted octanol–water partition coefficient (Wildman–Crippen LogP) is 2.24. The van der Waals surface area contributed by atoms with E-state index in [4.69, 9.17) is 0 Å². The minimum atomic E-state index is -4.47. The number of alkyl halides is 3. The third-order valence-corrected chi connectivity index (χ3v) is 5.68. The van der Waals surface area contributed by atoms with E-state index in [1.165, 1.54) is 17.0 Å². The molecule has 4 N–H and O–H groups in total. The topological polar surface area (TPSA) is 111 Å². The van der Waals surface area contributed by atoms with Crippen molar-refractivity contribution < 1.29 is 32.7 Å². The highest BCUT2D eigenvalue weighted by atomic mass is 19.4. The van der Waals surface area contributed by atoms with Gasteiger partial charge in [-0.15, -0.1) is 0 Å². The van der Waals surface area contributed by atoms with Crippen molar-refractivity contribution in [2.24, 2.45) is 0 Å². The van der Waals surface area contributed by atoms with Gasteiger partial charge in [0, 0.05) is 18.7 Å². The first-order valence-corrected chi connectivity index (χ1v) is 10.2. The number of nitrogens with one attached hydrogen (secondary N) is 3. The molecule has 0 radical (unpaired) electrons. The Kier molecular flexibility index (Phi) is 5.88. The van der Waals surface area contributed by atoms with Crippen LogP contribution in [0.3, 0.4) is 0 Å². The van der Waals surface area contributed by atoms with Gasteiger partial charge in [-0.3, -0.25) is 9.59 Å². The van der Waals surface area contributed by atoms with Gasteiger partial charge in [-0.2, -0.15) is 13.2 Å². The summed E-state index contributed by atoms with van der Waals surface area (Å²) in [5.74, 6) is -0.480. The number of carbonyl (C=O) groups excluding carboxylic acids is 3. The van der Waals surface area contributed by atoms with Gasteiger partial charge >= 0.3 is 12.2 Å². The van der Waals surface area contributed by atoms with Crippen LogP contribution < -0.4 is 16.0 Å². The number of halogens is 3. The van der Waals surface area contributed by atoms with E-state index in [-0.39, 0.29) is 42.6 Å². The Morgan fingerprint density at radius 2 is 1.76 bits per heavy atom. The SMILES string of the molecule is O=C(Nc1ccc(C(F)(F)F)cc1)N[C@H]1C[C@H]2C(=O)N[C@@H](Cc3ccc(O)cc3)C(=O)N2C1. The highest BCUT2D eigenvalue weighted by Gasteiger charge is 2.46. The molecule has 2 aromatic rings. The van der Waals surface area contributed by atoms with Crippen LogP contribution in [-0.2, 0) is 22.2 Å². The van der Waals surface area contributed by atoms with Crippen molar-refractivity contribution in [1.82, 2.24) is 15.5 Å². The Labute approximate surface area is 186 Å². The van der Waals surface area contributed by atoms with Crippen LogP contribution in [0.25, 0.3) is 0 Å². The van der Waals surface area contributed by atoms with Crippen LogP contribution in [0.1, 0.15) is 17.5 Å². The average molecular weight is 462 g/mol. The highest BCUT2D eigenvalue weighted by molar-refractivity contribution is 5.98. The van der Waals surface area contributed by atoms with E-state index in [1.807, 2.05) is 0 Å². The zero-order valence-electron chi connectivity index (χ0n) is 17.2. The number of rotatable bonds is 4. The lowest BCUT2D eigenvalue weighted by atomic mass is 10.0. The van der Waals surface area contributed by atoms with Crippen molar-refractivity contribution in [1.29, 1.82) is 0 Å². The summed E-state index contributed by atoms with van der Waals surface area (Å²) < 4.78 is 38.0. The molecule has 3 atom stereocenters. The number of fused-ring (bicyclic) bond motifs is 1. The van der Waals surface area contributed by atoms with Gasteiger partial charge in [0.15, 0.2) is 0 Å².